The molecule has 2 amide bonds. The van der Waals surface area contributed by atoms with Crippen molar-refractivity contribution in [3.8, 4) is 0 Å². The Bertz CT molecular complexity index is 157. The molecule has 0 aromatic heterocycles. The number of hydrogen-bond acceptors (Lipinski definition) is 2. The molecular formula is C10H23N3O. The minimum atomic E-state index is -0.131. The number of rotatable bonds is 6. The van der Waals surface area contributed by atoms with Crippen LogP contribution in [0, 0.1) is 5.92 Å². The molecule has 0 radical (unpaired) electrons. The maximum Gasteiger partial charge on any atom is 0.314 e. The Hall–Kier alpha value is -0.770. The number of nitrogens with two attached hydrogens (primary N) is 1. The second-order valence-corrected chi connectivity index (χ2v) is 3.48. The van der Waals surface area contributed by atoms with E-state index >= 15 is 0 Å². The first-order valence-corrected chi connectivity index (χ1v) is 5.42. The molecule has 0 fully saturated rings. The topological polar surface area (TPSA) is 67.2 Å². The molecule has 1 atom stereocenters. The van der Waals surface area contributed by atoms with E-state index in [4.69, 9.17) is 5.73 Å². The van der Waals surface area contributed by atoms with Gasteiger partial charge in [0.25, 0.3) is 0 Å². The molecule has 0 spiro atoms. The highest BCUT2D eigenvalue weighted by Gasteiger charge is 2.14. The van der Waals surface area contributed by atoms with Crippen LogP contribution in [-0.2, 0) is 0 Å². The molecule has 0 saturated carbocycles. The van der Waals surface area contributed by atoms with Gasteiger partial charge in [-0.25, -0.2) is 4.79 Å². The summed E-state index contributed by atoms with van der Waals surface area (Å²) in [6, 6.07) is -0.0680. The summed E-state index contributed by atoms with van der Waals surface area (Å²) in [6.45, 7) is 7.34. The lowest BCUT2D eigenvalue weighted by molar-refractivity contribution is 0.239. The van der Waals surface area contributed by atoms with Crippen molar-refractivity contribution < 1.29 is 4.79 Å². The van der Waals surface area contributed by atoms with Gasteiger partial charge in [-0.2, -0.15) is 0 Å². The third kappa shape index (κ3) is 5.07. The Morgan fingerprint density at radius 1 is 1.21 bits per heavy atom. The summed E-state index contributed by atoms with van der Waals surface area (Å²) in [5.74, 6) is 0.497. The van der Waals surface area contributed by atoms with E-state index in [1.807, 2.05) is 6.92 Å². The molecule has 0 aliphatic heterocycles. The highest BCUT2D eigenvalue weighted by Crippen LogP contribution is 2.10. The quantitative estimate of drug-likeness (QED) is 0.601. The molecule has 84 valence electrons. The van der Waals surface area contributed by atoms with Crippen molar-refractivity contribution in [3.05, 3.63) is 0 Å². The summed E-state index contributed by atoms with van der Waals surface area (Å²) < 4.78 is 0. The van der Waals surface area contributed by atoms with Crippen molar-refractivity contribution in [2.45, 2.75) is 39.7 Å². The van der Waals surface area contributed by atoms with Crippen LogP contribution < -0.4 is 16.4 Å². The first kappa shape index (κ1) is 13.2. The van der Waals surface area contributed by atoms with Crippen molar-refractivity contribution in [2.75, 3.05) is 13.1 Å². The third-order valence-electron chi connectivity index (χ3n) is 2.49. The van der Waals surface area contributed by atoms with Crippen LogP contribution in [-0.4, -0.2) is 25.2 Å². The molecule has 0 aliphatic rings. The predicted octanol–water partition coefficient (Wildman–Crippen LogP) is 1.07. The molecular weight excluding hydrogens is 178 g/mol. The Labute approximate surface area is 86.6 Å². The largest absolute Gasteiger partial charge is 0.338 e. The summed E-state index contributed by atoms with van der Waals surface area (Å²) in [7, 11) is 0. The highest BCUT2D eigenvalue weighted by atomic mass is 16.2. The molecule has 0 saturated heterocycles. The fourth-order valence-electron chi connectivity index (χ4n) is 1.49. The number of nitrogens with one attached hydrogen (secondary N) is 2. The number of urea groups is 1. The second-order valence-electron chi connectivity index (χ2n) is 3.48. The van der Waals surface area contributed by atoms with Crippen LogP contribution in [0.1, 0.15) is 33.6 Å². The van der Waals surface area contributed by atoms with E-state index in [0.29, 0.717) is 19.0 Å². The smallest absolute Gasteiger partial charge is 0.314 e. The Morgan fingerprint density at radius 3 is 2.21 bits per heavy atom. The van der Waals surface area contributed by atoms with Crippen LogP contribution >= 0.6 is 0 Å². The molecule has 14 heavy (non-hydrogen) atoms. The standard InChI is InChI=1S/C10H23N3O/c1-4-8(5-2)9(11)7-13-10(14)12-6-3/h8-9H,4-7,11H2,1-3H3,(H2,12,13,14). The molecule has 4 N–H and O–H groups in total. The van der Waals surface area contributed by atoms with Crippen LogP contribution in [0.4, 0.5) is 4.79 Å². The van der Waals surface area contributed by atoms with Gasteiger partial charge in [0.2, 0.25) is 0 Å². The number of carbonyl (C=O) groups is 1. The van der Waals surface area contributed by atoms with Gasteiger partial charge in [-0.05, 0) is 12.8 Å². The average Bonchev–Trinajstić information content (AvgIpc) is 2.17. The molecule has 0 heterocycles. The third-order valence-corrected chi connectivity index (χ3v) is 2.49. The van der Waals surface area contributed by atoms with Crippen molar-refractivity contribution in [1.82, 2.24) is 10.6 Å². The summed E-state index contributed by atoms with van der Waals surface area (Å²) in [4.78, 5) is 11.1. The van der Waals surface area contributed by atoms with Crippen LogP contribution in [0.3, 0.4) is 0 Å². The molecule has 0 aromatic rings. The maximum absolute atomic E-state index is 11.1. The minimum Gasteiger partial charge on any atom is -0.338 e. The SMILES string of the molecule is CCNC(=O)NCC(N)C(CC)CC. The molecule has 4 nitrogen and oxygen atoms in total. The number of carbonyl (C=O) groups excluding carboxylic acids is 1. The summed E-state index contributed by atoms with van der Waals surface area (Å²) in [5.41, 5.74) is 5.94. The highest BCUT2D eigenvalue weighted by molar-refractivity contribution is 5.73. The van der Waals surface area contributed by atoms with E-state index in [2.05, 4.69) is 24.5 Å². The zero-order chi connectivity index (χ0) is 11.0. The fourth-order valence-corrected chi connectivity index (χ4v) is 1.49. The van der Waals surface area contributed by atoms with Gasteiger partial charge in [0.05, 0.1) is 0 Å². The molecule has 0 aliphatic carbocycles. The molecule has 4 heteroatoms. The van der Waals surface area contributed by atoms with Gasteiger partial charge >= 0.3 is 6.03 Å². The number of amides is 2. The fraction of sp³-hybridized carbons (Fsp3) is 0.900. The molecule has 0 rings (SSSR count). The number of hydrogen-bond donors (Lipinski definition) is 3. The lowest BCUT2D eigenvalue weighted by Crippen LogP contribution is -2.45. The Balaban J connectivity index is 3.71. The van der Waals surface area contributed by atoms with Crippen LogP contribution in [0.25, 0.3) is 0 Å². The van der Waals surface area contributed by atoms with Gasteiger partial charge in [-0.1, -0.05) is 26.7 Å². The van der Waals surface area contributed by atoms with Gasteiger partial charge < -0.3 is 16.4 Å². The Morgan fingerprint density at radius 2 is 1.79 bits per heavy atom. The zero-order valence-corrected chi connectivity index (χ0v) is 9.47. The summed E-state index contributed by atoms with van der Waals surface area (Å²) >= 11 is 0. The maximum atomic E-state index is 11.1. The summed E-state index contributed by atoms with van der Waals surface area (Å²) in [6.07, 6.45) is 2.13. The van der Waals surface area contributed by atoms with E-state index in [9.17, 15) is 4.79 Å². The van der Waals surface area contributed by atoms with Crippen molar-refractivity contribution in [3.63, 3.8) is 0 Å². The van der Waals surface area contributed by atoms with Crippen LogP contribution in [0.15, 0.2) is 0 Å². The van der Waals surface area contributed by atoms with Gasteiger partial charge in [0.1, 0.15) is 0 Å². The monoisotopic (exact) mass is 201 g/mol. The van der Waals surface area contributed by atoms with Crippen LogP contribution in [0.5, 0.6) is 0 Å². The van der Waals surface area contributed by atoms with Gasteiger partial charge in [-0.3, -0.25) is 0 Å². The normalized spacial score (nSPS) is 12.6. The van der Waals surface area contributed by atoms with Crippen molar-refractivity contribution in [1.29, 1.82) is 0 Å². The molecule has 0 bridgehead atoms. The molecule has 0 aromatic carbocycles. The van der Waals surface area contributed by atoms with E-state index in [-0.39, 0.29) is 12.1 Å². The first-order chi connectivity index (χ1) is 6.65. The summed E-state index contributed by atoms with van der Waals surface area (Å²) in [5, 5.41) is 5.43. The Kier molecular flexibility index (Phi) is 7.20. The minimum absolute atomic E-state index is 0.0626. The van der Waals surface area contributed by atoms with E-state index in [1.165, 1.54) is 0 Å². The predicted molar refractivity (Wildman–Crippen MR) is 59.1 cm³/mol. The zero-order valence-electron chi connectivity index (χ0n) is 9.47. The average molecular weight is 201 g/mol. The second kappa shape index (κ2) is 7.62. The lowest BCUT2D eigenvalue weighted by atomic mass is 9.95. The lowest BCUT2D eigenvalue weighted by Gasteiger charge is -2.21. The van der Waals surface area contributed by atoms with Crippen molar-refractivity contribution in [2.24, 2.45) is 11.7 Å². The van der Waals surface area contributed by atoms with E-state index < -0.39 is 0 Å². The van der Waals surface area contributed by atoms with Gasteiger partial charge in [0, 0.05) is 19.1 Å². The van der Waals surface area contributed by atoms with Crippen molar-refractivity contribution >= 4 is 6.03 Å². The van der Waals surface area contributed by atoms with Gasteiger partial charge in [0.15, 0.2) is 0 Å². The molecule has 1 unspecified atom stereocenters. The first-order valence-electron chi connectivity index (χ1n) is 5.42. The van der Waals surface area contributed by atoms with E-state index in [1.54, 1.807) is 0 Å². The van der Waals surface area contributed by atoms with Crippen LogP contribution in [0.2, 0.25) is 0 Å². The van der Waals surface area contributed by atoms with Gasteiger partial charge in [-0.15, -0.1) is 0 Å². The van der Waals surface area contributed by atoms with E-state index in [0.717, 1.165) is 12.8 Å².